The molecular weight excluding hydrogens is 475 g/mol. The van der Waals surface area contributed by atoms with Gasteiger partial charge in [-0.05, 0) is 30.8 Å². The second-order valence-corrected chi connectivity index (χ2v) is 8.16. The van der Waals surface area contributed by atoms with Crippen LogP contribution >= 0.6 is 22.9 Å². The van der Waals surface area contributed by atoms with E-state index in [-0.39, 0.29) is 5.15 Å². The molecular formula is C23H23ClF3N3O2S. The van der Waals surface area contributed by atoms with Crippen LogP contribution in [-0.4, -0.2) is 28.3 Å². The molecule has 0 amide bonds. The Morgan fingerprint density at radius 2 is 2.03 bits per heavy atom. The zero-order valence-electron chi connectivity index (χ0n) is 24.9. The smallest absolute Gasteiger partial charge is 0.475 e. The number of aryl methyl sites for hydroxylation is 1. The zero-order chi connectivity index (χ0) is 31.3. The number of carboxylic acid groups (broad SMARTS) is 1. The topological polar surface area (TPSA) is 88.2 Å². The normalized spacial score (nSPS) is 25.6. The second kappa shape index (κ2) is 10.5. The molecule has 1 aliphatic rings. The van der Waals surface area contributed by atoms with Crippen LogP contribution in [0.5, 0.6) is 0 Å². The van der Waals surface area contributed by atoms with Gasteiger partial charge in [0.1, 0.15) is 5.15 Å². The van der Waals surface area contributed by atoms with Gasteiger partial charge in [-0.1, -0.05) is 54.0 Å². The van der Waals surface area contributed by atoms with Crippen molar-refractivity contribution in [3.05, 3.63) is 69.7 Å². The molecule has 1 aromatic carbocycles. The number of nitrogens with zero attached hydrogens (tertiary/aromatic N) is 1. The highest BCUT2D eigenvalue weighted by molar-refractivity contribution is 7.20. The summed E-state index contributed by atoms with van der Waals surface area (Å²) in [7, 11) is 0. The van der Waals surface area contributed by atoms with Crippen molar-refractivity contribution in [3.8, 4) is 0 Å². The summed E-state index contributed by atoms with van der Waals surface area (Å²) >= 11 is 7.36. The van der Waals surface area contributed by atoms with Crippen LogP contribution in [0.4, 0.5) is 18.9 Å². The van der Waals surface area contributed by atoms with Gasteiger partial charge in [-0.3, -0.25) is 0 Å². The molecule has 0 aliphatic heterocycles. The lowest BCUT2D eigenvalue weighted by Crippen LogP contribution is -2.29. The SMILES string of the molecule is O=C(O)C(F)(F)F.[2H]C1=C([2H])C([2H])([2H])[C@H](c2sc3c(NC([2H])([2H])c4ccccc4)cc(Cl)nc3c2C)[C@@H](N)C1([2H])[2H]. The minimum Gasteiger partial charge on any atom is -0.475 e. The molecule has 0 fully saturated rings. The lowest BCUT2D eigenvalue weighted by molar-refractivity contribution is -0.192. The van der Waals surface area contributed by atoms with Crippen molar-refractivity contribution in [2.24, 2.45) is 5.73 Å². The molecule has 2 atom stereocenters. The summed E-state index contributed by atoms with van der Waals surface area (Å²) < 4.78 is 98.9. The standard InChI is InChI=1S/C21H22ClN3S.C2HF3O2/c1-13-19-21(26-20(13)15-9-5-6-10-16(15)23)17(11-18(22)25-19)24-12-14-7-3-2-4-8-14;3-2(4,5)1(6)7/h2-8,11,15-16H,9-10,12,23H2,1H3,(H,24,25);(H,6,7)/t15-,16-;/m0./s1/i5D,6D,9D2,10D2,12D2;. The van der Waals surface area contributed by atoms with E-state index in [1.165, 1.54) is 6.07 Å². The van der Waals surface area contributed by atoms with E-state index in [4.69, 9.17) is 38.2 Å². The third kappa shape index (κ3) is 6.25. The van der Waals surface area contributed by atoms with Gasteiger partial charge >= 0.3 is 12.1 Å². The first-order chi connectivity index (χ1) is 18.6. The minimum absolute atomic E-state index is 0.104. The van der Waals surface area contributed by atoms with Gasteiger partial charge in [0.2, 0.25) is 0 Å². The average molecular weight is 506 g/mol. The van der Waals surface area contributed by atoms with Crippen LogP contribution in [0.25, 0.3) is 10.2 Å². The first-order valence-corrected chi connectivity index (χ1v) is 10.5. The largest absolute Gasteiger partial charge is 0.490 e. The number of aromatic nitrogens is 1. The molecule has 0 saturated heterocycles. The van der Waals surface area contributed by atoms with Crippen molar-refractivity contribution in [1.29, 1.82) is 0 Å². The molecule has 0 saturated carbocycles. The summed E-state index contributed by atoms with van der Waals surface area (Å²) in [5.74, 6) is -4.01. The van der Waals surface area contributed by atoms with Crippen LogP contribution in [0.1, 0.15) is 45.6 Å². The fraction of sp³-hybridized carbons (Fsp3) is 0.304. The predicted molar refractivity (Wildman–Crippen MR) is 126 cm³/mol. The summed E-state index contributed by atoms with van der Waals surface area (Å²) in [5, 5.41) is 10.1. The zero-order valence-corrected chi connectivity index (χ0v) is 18.5. The Hall–Kier alpha value is -2.62. The van der Waals surface area contributed by atoms with Crippen molar-refractivity contribution in [1.82, 2.24) is 4.98 Å². The highest BCUT2D eigenvalue weighted by atomic mass is 35.5. The number of aliphatic carboxylic acids is 1. The molecule has 0 radical (unpaired) electrons. The number of benzene rings is 1. The van der Waals surface area contributed by atoms with Gasteiger partial charge in [0.15, 0.2) is 0 Å². The Bertz CT molecular complexity index is 1500. The monoisotopic (exact) mass is 505 g/mol. The van der Waals surface area contributed by atoms with Gasteiger partial charge in [0.05, 0.1) is 21.4 Å². The first-order valence-electron chi connectivity index (χ1n) is 13.3. The van der Waals surface area contributed by atoms with Crippen molar-refractivity contribution < 1.29 is 34.0 Å². The predicted octanol–water partition coefficient (Wildman–Crippen LogP) is 6.26. The van der Waals surface area contributed by atoms with E-state index < -0.39 is 55.5 Å². The molecule has 10 heteroatoms. The Balaban J connectivity index is 0.000000587. The highest BCUT2D eigenvalue weighted by Crippen LogP contribution is 2.42. The van der Waals surface area contributed by atoms with Crippen LogP contribution in [0, 0.1) is 6.92 Å². The van der Waals surface area contributed by atoms with Crippen LogP contribution in [-0.2, 0) is 11.3 Å². The number of hydrogen-bond donors (Lipinski definition) is 3. The third-order valence-corrected chi connectivity index (χ3v) is 6.00. The number of nitrogens with two attached hydrogens (primary N) is 1. The molecule has 2 heterocycles. The number of rotatable bonds is 4. The molecule has 33 heavy (non-hydrogen) atoms. The van der Waals surface area contributed by atoms with Gasteiger partial charge in [-0.15, -0.1) is 11.3 Å². The van der Waals surface area contributed by atoms with E-state index in [1.807, 2.05) is 0 Å². The maximum absolute atomic E-state index is 10.6. The Labute approximate surface area is 209 Å². The number of nitrogens with one attached hydrogen (secondary N) is 1. The molecule has 4 rings (SSSR count). The Morgan fingerprint density at radius 3 is 2.67 bits per heavy atom. The van der Waals surface area contributed by atoms with Gasteiger partial charge in [0.25, 0.3) is 0 Å². The number of carboxylic acids is 1. The third-order valence-electron chi connectivity index (χ3n) is 4.41. The number of fused-ring (bicyclic) bond motifs is 1. The fourth-order valence-corrected chi connectivity index (χ4v) is 4.36. The maximum atomic E-state index is 10.6. The van der Waals surface area contributed by atoms with Crippen LogP contribution in [0.3, 0.4) is 0 Å². The van der Waals surface area contributed by atoms with E-state index in [9.17, 15) is 13.2 Å². The molecule has 0 spiro atoms. The lowest BCUT2D eigenvalue weighted by Gasteiger charge is -2.24. The van der Waals surface area contributed by atoms with Crippen LogP contribution in [0.2, 0.25) is 5.15 Å². The van der Waals surface area contributed by atoms with E-state index >= 15 is 0 Å². The molecule has 3 aromatic rings. The molecule has 2 aromatic heterocycles. The van der Waals surface area contributed by atoms with Crippen molar-refractivity contribution in [2.75, 3.05) is 5.32 Å². The first kappa shape index (κ1) is 16.1. The number of alkyl halides is 3. The number of allylic oxidation sites excluding steroid dienone is 1. The molecule has 4 N–H and O–H groups in total. The highest BCUT2D eigenvalue weighted by Gasteiger charge is 2.38. The lowest BCUT2D eigenvalue weighted by atomic mass is 9.87. The number of carbonyl (C=O) groups is 1. The van der Waals surface area contributed by atoms with Gasteiger partial charge in [-0.2, -0.15) is 13.2 Å². The van der Waals surface area contributed by atoms with Gasteiger partial charge in [0, 0.05) is 34.9 Å². The number of pyridine rings is 1. The second-order valence-electron chi connectivity index (χ2n) is 6.72. The van der Waals surface area contributed by atoms with E-state index in [0.29, 0.717) is 31.9 Å². The molecule has 5 nitrogen and oxygen atoms in total. The van der Waals surface area contributed by atoms with Crippen molar-refractivity contribution in [3.63, 3.8) is 0 Å². The Kier molecular flexibility index (Phi) is 5.14. The summed E-state index contributed by atoms with van der Waals surface area (Å²) in [6.07, 6.45) is -9.86. The Morgan fingerprint density at radius 1 is 1.39 bits per heavy atom. The summed E-state index contributed by atoms with van der Waals surface area (Å²) in [6.45, 7) is -0.267. The summed E-state index contributed by atoms with van der Waals surface area (Å²) in [6, 6.07) is 7.09. The maximum Gasteiger partial charge on any atom is 0.490 e. The van der Waals surface area contributed by atoms with Crippen LogP contribution in [0.15, 0.2) is 48.5 Å². The summed E-state index contributed by atoms with van der Waals surface area (Å²) in [5.41, 5.74) is 7.86. The number of thiophene rings is 1. The van der Waals surface area contributed by atoms with E-state index in [1.54, 1.807) is 37.3 Å². The van der Waals surface area contributed by atoms with Gasteiger partial charge in [-0.25, -0.2) is 9.78 Å². The van der Waals surface area contributed by atoms with Crippen LogP contribution < -0.4 is 11.1 Å². The van der Waals surface area contributed by atoms with Crippen molar-refractivity contribution in [2.45, 2.75) is 44.3 Å². The van der Waals surface area contributed by atoms with E-state index in [2.05, 4.69) is 10.3 Å². The van der Waals surface area contributed by atoms with E-state index in [0.717, 1.165) is 11.3 Å². The average Bonchev–Trinajstić information content (AvgIpc) is 3.18. The molecule has 1 aliphatic carbocycles. The number of hydrogen-bond acceptors (Lipinski definition) is 5. The molecule has 0 bridgehead atoms. The van der Waals surface area contributed by atoms with Crippen molar-refractivity contribution >= 4 is 44.8 Å². The fourth-order valence-electron chi connectivity index (χ4n) is 2.85. The molecule has 0 unspecified atom stereocenters. The number of anilines is 1. The minimum atomic E-state index is -5.08. The molecule has 176 valence electrons. The van der Waals surface area contributed by atoms with Gasteiger partial charge < -0.3 is 16.2 Å². The summed E-state index contributed by atoms with van der Waals surface area (Å²) in [4.78, 5) is 13.6. The number of halogens is 4. The quantitative estimate of drug-likeness (QED) is 0.287.